The summed E-state index contributed by atoms with van der Waals surface area (Å²) >= 11 is 1.46. The van der Waals surface area contributed by atoms with Gasteiger partial charge in [-0.05, 0) is 36.4 Å². The second kappa shape index (κ2) is 8.74. The van der Waals surface area contributed by atoms with Gasteiger partial charge in [0.1, 0.15) is 17.1 Å². The Balaban J connectivity index is 1.40. The number of H-pyrrole nitrogens is 1. The van der Waals surface area contributed by atoms with Crippen LogP contribution < -0.4 is 10.1 Å². The highest BCUT2D eigenvalue weighted by molar-refractivity contribution is 7.99. The van der Waals surface area contributed by atoms with E-state index < -0.39 is 0 Å². The van der Waals surface area contributed by atoms with E-state index in [1.165, 1.54) is 11.8 Å². The van der Waals surface area contributed by atoms with Crippen molar-refractivity contribution in [2.24, 2.45) is 0 Å². The molecule has 1 aromatic carbocycles. The molecule has 0 aliphatic rings. The molecule has 3 heterocycles. The van der Waals surface area contributed by atoms with Crippen molar-refractivity contribution in [1.29, 1.82) is 0 Å². The van der Waals surface area contributed by atoms with Crippen molar-refractivity contribution >= 4 is 23.4 Å². The van der Waals surface area contributed by atoms with E-state index in [9.17, 15) is 4.79 Å². The summed E-state index contributed by atoms with van der Waals surface area (Å²) in [6, 6.07) is 14.6. The first-order chi connectivity index (χ1) is 14.2. The Kier molecular flexibility index (Phi) is 5.71. The lowest BCUT2D eigenvalue weighted by molar-refractivity contribution is -0.115. The molecule has 4 rings (SSSR count). The minimum absolute atomic E-state index is 0.0742. The number of furan rings is 2. The Morgan fingerprint density at radius 3 is 2.66 bits per heavy atom. The van der Waals surface area contributed by atoms with Gasteiger partial charge in [-0.25, -0.2) is 4.98 Å². The summed E-state index contributed by atoms with van der Waals surface area (Å²) in [7, 11) is 1.59. The van der Waals surface area contributed by atoms with Crippen molar-refractivity contribution in [3.8, 4) is 28.7 Å². The monoisotopic (exact) mass is 409 g/mol. The number of carbonyl (C=O) groups excluding carboxylic acids is 1. The molecule has 1 amide bonds. The predicted molar refractivity (Wildman–Crippen MR) is 111 cm³/mol. The number of methoxy groups -OCH3 is 1. The third-order valence-electron chi connectivity index (χ3n) is 4.13. The van der Waals surface area contributed by atoms with Gasteiger partial charge in [0.05, 0.1) is 19.6 Å². The molecule has 0 fully saturated rings. The van der Waals surface area contributed by atoms with Crippen molar-refractivity contribution in [2.45, 2.75) is 11.6 Å². The molecule has 7 nitrogen and oxygen atoms in total. The van der Waals surface area contributed by atoms with Gasteiger partial charge < -0.3 is 23.9 Å². The van der Waals surface area contributed by atoms with Crippen LogP contribution in [0.3, 0.4) is 0 Å². The number of benzene rings is 1. The van der Waals surface area contributed by atoms with Gasteiger partial charge in [-0.2, -0.15) is 0 Å². The summed E-state index contributed by atoms with van der Waals surface area (Å²) in [5.41, 5.74) is 2.12. The van der Waals surface area contributed by atoms with Gasteiger partial charge in [0, 0.05) is 23.9 Å². The third kappa shape index (κ3) is 4.55. The van der Waals surface area contributed by atoms with Crippen molar-refractivity contribution in [2.75, 3.05) is 18.2 Å². The number of hydrogen-bond acceptors (Lipinski definition) is 6. The van der Waals surface area contributed by atoms with E-state index in [1.807, 2.05) is 42.5 Å². The molecule has 0 saturated heterocycles. The molecule has 0 radical (unpaired) electrons. The average molecular weight is 409 g/mol. The first-order valence-corrected chi connectivity index (χ1v) is 9.96. The molecular weight excluding hydrogens is 390 g/mol. The number of carbonyl (C=O) groups is 1. The fourth-order valence-electron chi connectivity index (χ4n) is 2.78. The van der Waals surface area contributed by atoms with Crippen LogP contribution in [0.25, 0.3) is 22.9 Å². The number of amides is 1. The maximum atomic E-state index is 12.2. The molecule has 148 valence electrons. The molecule has 4 aromatic rings. The fourth-order valence-corrected chi connectivity index (χ4v) is 3.59. The first kappa shape index (κ1) is 18.9. The number of anilines is 1. The number of nitrogens with one attached hydrogen (secondary N) is 2. The minimum atomic E-state index is -0.0742. The highest BCUT2D eigenvalue weighted by Gasteiger charge is 2.18. The second-order valence-electron chi connectivity index (χ2n) is 6.10. The average Bonchev–Trinajstić information content (AvgIpc) is 3.48. The van der Waals surface area contributed by atoms with Crippen LogP contribution in [0.2, 0.25) is 0 Å². The molecule has 3 aromatic heterocycles. The number of hydrogen-bond donors (Lipinski definition) is 2. The van der Waals surface area contributed by atoms with Crippen LogP contribution in [0.5, 0.6) is 5.75 Å². The van der Waals surface area contributed by atoms with Gasteiger partial charge in [-0.1, -0.05) is 17.8 Å². The van der Waals surface area contributed by atoms with E-state index in [2.05, 4.69) is 15.3 Å². The number of aromatic amines is 1. The lowest BCUT2D eigenvalue weighted by Crippen LogP contribution is -2.12. The number of aromatic nitrogens is 2. The number of ether oxygens (including phenoxy) is 1. The largest absolute Gasteiger partial charge is 0.497 e. The zero-order valence-corrected chi connectivity index (χ0v) is 16.5. The standard InChI is InChI=1S/C21H19N3O4S/c1-26-15-6-2-5-14(13-15)22-18(25)9-12-29-21-23-19(16-7-3-10-27-16)20(24-21)17-8-4-11-28-17/h2-8,10-11,13H,9,12H2,1H3,(H,22,25)(H,23,24). The lowest BCUT2D eigenvalue weighted by atomic mass is 10.2. The van der Waals surface area contributed by atoms with E-state index in [0.717, 1.165) is 5.69 Å². The highest BCUT2D eigenvalue weighted by Crippen LogP contribution is 2.33. The molecule has 0 bridgehead atoms. The minimum Gasteiger partial charge on any atom is -0.497 e. The van der Waals surface area contributed by atoms with Crippen LogP contribution in [-0.4, -0.2) is 28.7 Å². The Labute approximate surface area is 171 Å². The van der Waals surface area contributed by atoms with Crippen molar-refractivity contribution in [3.63, 3.8) is 0 Å². The van der Waals surface area contributed by atoms with E-state index in [-0.39, 0.29) is 5.91 Å². The number of nitrogens with zero attached hydrogens (tertiary/aromatic N) is 1. The zero-order chi connectivity index (χ0) is 20.1. The summed E-state index contributed by atoms with van der Waals surface area (Å²) in [5.74, 6) is 2.51. The van der Waals surface area contributed by atoms with Gasteiger partial charge in [-0.15, -0.1) is 0 Å². The predicted octanol–water partition coefficient (Wildman–Crippen LogP) is 5.06. The SMILES string of the molecule is COc1cccc(NC(=O)CCSc2nc(-c3ccco3)c(-c3ccco3)[nH]2)c1. The smallest absolute Gasteiger partial charge is 0.225 e. The molecule has 0 atom stereocenters. The molecule has 29 heavy (non-hydrogen) atoms. The maximum Gasteiger partial charge on any atom is 0.225 e. The molecular formula is C21H19N3O4S. The van der Waals surface area contributed by atoms with Gasteiger partial charge >= 0.3 is 0 Å². The normalized spacial score (nSPS) is 10.8. The molecule has 0 unspecified atom stereocenters. The van der Waals surface area contributed by atoms with Crippen LogP contribution in [0.4, 0.5) is 5.69 Å². The first-order valence-electron chi connectivity index (χ1n) is 8.97. The maximum absolute atomic E-state index is 12.2. The molecule has 0 spiro atoms. The lowest BCUT2D eigenvalue weighted by Gasteiger charge is -2.06. The van der Waals surface area contributed by atoms with E-state index in [4.69, 9.17) is 13.6 Å². The Hall–Kier alpha value is -3.39. The van der Waals surface area contributed by atoms with Crippen LogP contribution in [0.15, 0.2) is 75.0 Å². The summed E-state index contributed by atoms with van der Waals surface area (Å²) in [4.78, 5) is 20.1. The number of thioether (sulfide) groups is 1. The van der Waals surface area contributed by atoms with E-state index in [0.29, 0.717) is 46.0 Å². The van der Waals surface area contributed by atoms with Gasteiger partial charge in [0.15, 0.2) is 16.7 Å². The Morgan fingerprint density at radius 2 is 1.93 bits per heavy atom. The number of rotatable bonds is 8. The topological polar surface area (TPSA) is 93.3 Å². The quantitative estimate of drug-likeness (QED) is 0.395. The molecule has 0 saturated carbocycles. The fraction of sp³-hybridized carbons (Fsp3) is 0.143. The van der Waals surface area contributed by atoms with Crippen LogP contribution in [0.1, 0.15) is 6.42 Å². The van der Waals surface area contributed by atoms with Gasteiger partial charge in [0.25, 0.3) is 0 Å². The van der Waals surface area contributed by atoms with Crippen LogP contribution >= 0.6 is 11.8 Å². The van der Waals surface area contributed by atoms with E-state index >= 15 is 0 Å². The summed E-state index contributed by atoms with van der Waals surface area (Å²) in [6.45, 7) is 0. The van der Waals surface area contributed by atoms with E-state index in [1.54, 1.807) is 25.7 Å². The van der Waals surface area contributed by atoms with Crippen LogP contribution in [0, 0.1) is 0 Å². The molecule has 8 heteroatoms. The molecule has 0 aliphatic carbocycles. The van der Waals surface area contributed by atoms with Crippen LogP contribution in [-0.2, 0) is 4.79 Å². The van der Waals surface area contributed by atoms with Crippen molar-refractivity contribution < 1.29 is 18.4 Å². The third-order valence-corrected chi connectivity index (χ3v) is 5.00. The molecule has 0 aliphatic heterocycles. The highest BCUT2D eigenvalue weighted by atomic mass is 32.2. The number of imidazole rings is 1. The van der Waals surface area contributed by atoms with Gasteiger partial charge in [-0.3, -0.25) is 4.79 Å². The van der Waals surface area contributed by atoms with Crippen molar-refractivity contribution in [3.05, 3.63) is 61.1 Å². The summed E-state index contributed by atoms with van der Waals surface area (Å²) in [6.07, 6.45) is 3.55. The van der Waals surface area contributed by atoms with Crippen molar-refractivity contribution in [1.82, 2.24) is 9.97 Å². The Morgan fingerprint density at radius 1 is 1.14 bits per heavy atom. The summed E-state index contributed by atoms with van der Waals surface area (Å²) in [5, 5.41) is 3.56. The second-order valence-corrected chi connectivity index (χ2v) is 7.18. The zero-order valence-electron chi connectivity index (χ0n) is 15.7. The Bertz CT molecular complexity index is 1020. The van der Waals surface area contributed by atoms with Gasteiger partial charge in [0.2, 0.25) is 5.91 Å². The molecule has 2 N–H and O–H groups in total. The summed E-state index contributed by atoms with van der Waals surface area (Å²) < 4.78 is 16.2.